The molecule has 94 valence electrons. The molecule has 0 bridgehead atoms. The Morgan fingerprint density at radius 1 is 1.35 bits per heavy atom. The fourth-order valence-electron chi connectivity index (χ4n) is 2.40. The molecule has 0 saturated carbocycles. The Kier molecular flexibility index (Phi) is 3.47. The molecule has 1 aromatic rings. The number of hydrogen-bond acceptors (Lipinski definition) is 3. The van der Waals surface area contributed by atoms with Crippen LogP contribution in [0.5, 0.6) is 0 Å². The van der Waals surface area contributed by atoms with E-state index < -0.39 is 5.60 Å². The molecule has 1 aromatic carbocycles. The summed E-state index contributed by atoms with van der Waals surface area (Å²) in [6.07, 6.45) is 1.23. The molecule has 1 aliphatic heterocycles. The minimum atomic E-state index is -0.932. The number of aliphatic hydroxyl groups is 2. The van der Waals surface area contributed by atoms with Gasteiger partial charge in [-0.15, -0.1) is 0 Å². The summed E-state index contributed by atoms with van der Waals surface area (Å²) in [6.45, 7) is 1.36. The first-order valence-corrected chi connectivity index (χ1v) is 5.86. The fourth-order valence-corrected chi connectivity index (χ4v) is 2.40. The van der Waals surface area contributed by atoms with Gasteiger partial charge in [-0.05, 0) is 43.1 Å². The van der Waals surface area contributed by atoms with Crippen LogP contribution in [-0.4, -0.2) is 35.3 Å². The normalized spacial score (nSPS) is 20.5. The first-order chi connectivity index (χ1) is 8.05. The van der Waals surface area contributed by atoms with E-state index in [4.69, 9.17) is 0 Å². The van der Waals surface area contributed by atoms with Crippen LogP contribution >= 0.6 is 0 Å². The molecule has 0 spiro atoms. The van der Waals surface area contributed by atoms with E-state index in [-0.39, 0.29) is 12.4 Å². The first kappa shape index (κ1) is 12.5. The summed E-state index contributed by atoms with van der Waals surface area (Å²) in [5.41, 5.74) is 0.213. The van der Waals surface area contributed by atoms with Crippen LogP contribution in [0.15, 0.2) is 18.2 Å². The Hall–Kier alpha value is -0.970. The Balaban J connectivity index is 2.32. The van der Waals surface area contributed by atoms with Gasteiger partial charge in [0.05, 0.1) is 12.2 Å². The van der Waals surface area contributed by atoms with Gasteiger partial charge in [-0.2, -0.15) is 0 Å². The molecule has 1 saturated heterocycles. The maximum atomic E-state index is 13.1. The molecule has 4 heteroatoms. The highest BCUT2D eigenvalue weighted by Crippen LogP contribution is 2.34. The summed E-state index contributed by atoms with van der Waals surface area (Å²) in [6, 6.07) is 4.22. The van der Waals surface area contributed by atoms with Crippen molar-refractivity contribution in [2.75, 3.05) is 20.1 Å². The fraction of sp³-hybridized carbons (Fsp3) is 0.538. The second-order valence-corrected chi connectivity index (χ2v) is 4.79. The van der Waals surface area contributed by atoms with E-state index in [0.717, 1.165) is 13.1 Å². The molecule has 2 rings (SSSR count). The van der Waals surface area contributed by atoms with E-state index in [1.165, 1.54) is 12.1 Å². The minimum absolute atomic E-state index is 0.245. The van der Waals surface area contributed by atoms with Crippen LogP contribution in [0, 0.1) is 5.82 Å². The molecule has 0 aromatic heterocycles. The van der Waals surface area contributed by atoms with Gasteiger partial charge in [-0.25, -0.2) is 4.39 Å². The molecule has 17 heavy (non-hydrogen) atoms. The van der Waals surface area contributed by atoms with Crippen molar-refractivity contribution >= 4 is 0 Å². The first-order valence-electron chi connectivity index (χ1n) is 5.86. The second-order valence-electron chi connectivity index (χ2n) is 4.79. The van der Waals surface area contributed by atoms with Gasteiger partial charge in [0.25, 0.3) is 0 Å². The highest BCUT2D eigenvalue weighted by molar-refractivity contribution is 5.33. The van der Waals surface area contributed by atoms with E-state index in [1.807, 2.05) is 7.05 Å². The zero-order valence-electron chi connectivity index (χ0n) is 9.99. The highest BCUT2D eigenvalue weighted by Gasteiger charge is 2.34. The number of benzene rings is 1. The summed E-state index contributed by atoms with van der Waals surface area (Å²) in [5, 5.41) is 19.9. The van der Waals surface area contributed by atoms with Crippen LogP contribution in [0.3, 0.4) is 0 Å². The Morgan fingerprint density at radius 2 is 2.00 bits per heavy atom. The molecule has 0 amide bonds. The molecular weight excluding hydrogens is 221 g/mol. The van der Waals surface area contributed by atoms with Gasteiger partial charge in [0.2, 0.25) is 0 Å². The minimum Gasteiger partial charge on any atom is -0.392 e. The van der Waals surface area contributed by atoms with Crippen molar-refractivity contribution < 1.29 is 14.6 Å². The lowest BCUT2D eigenvalue weighted by Gasteiger charge is -2.37. The third-order valence-electron chi connectivity index (χ3n) is 3.55. The quantitative estimate of drug-likeness (QED) is 0.816. The number of hydrogen-bond donors (Lipinski definition) is 2. The van der Waals surface area contributed by atoms with E-state index in [0.29, 0.717) is 24.0 Å². The van der Waals surface area contributed by atoms with Gasteiger partial charge in [0.1, 0.15) is 5.82 Å². The van der Waals surface area contributed by atoms with Gasteiger partial charge in [0, 0.05) is 13.1 Å². The van der Waals surface area contributed by atoms with E-state index >= 15 is 0 Å². The molecule has 2 N–H and O–H groups in total. The smallest absolute Gasteiger partial charge is 0.123 e. The zero-order chi connectivity index (χ0) is 12.5. The molecule has 0 radical (unpaired) electrons. The molecule has 0 unspecified atom stereocenters. The van der Waals surface area contributed by atoms with Crippen LogP contribution in [0.1, 0.15) is 24.0 Å². The van der Waals surface area contributed by atoms with E-state index in [1.54, 1.807) is 6.07 Å². The van der Waals surface area contributed by atoms with E-state index in [2.05, 4.69) is 4.90 Å². The lowest BCUT2D eigenvalue weighted by molar-refractivity contribution is -0.0217. The standard InChI is InChI=1S/C13H18FNO2/c1-15-6-4-13(17,5-7-15)12-3-2-11(14)8-10(12)9-16/h2-3,8,16-17H,4-7,9H2,1H3. The van der Waals surface area contributed by atoms with Crippen LogP contribution in [0.2, 0.25) is 0 Å². The van der Waals surface area contributed by atoms with Crippen molar-refractivity contribution in [2.45, 2.75) is 25.0 Å². The lowest BCUT2D eigenvalue weighted by atomic mass is 9.82. The average molecular weight is 239 g/mol. The van der Waals surface area contributed by atoms with Crippen molar-refractivity contribution in [3.8, 4) is 0 Å². The number of likely N-dealkylation sites (tertiary alicyclic amines) is 1. The maximum absolute atomic E-state index is 13.1. The number of nitrogens with zero attached hydrogens (tertiary/aromatic N) is 1. The van der Waals surface area contributed by atoms with Gasteiger partial charge in [0.15, 0.2) is 0 Å². The van der Waals surface area contributed by atoms with Crippen LogP contribution in [0.4, 0.5) is 4.39 Å². The van der Waals surface area contributed by atoms with Gasteiger partial charge in [-0.1, -0.05) is 6.07 Å². The third-order valence-corrected chi connectivity index (χ3v) is 3.55. The summed E-state index contributed by atoms with van der Waals surface area (Å²) >= 11 is 0. The Labute approximate surface area is 100 Å². The largest absolute Gasteiger partial charge is 0.392 e. The molecule has 1 aliphatic rings. The summed E-state index contributed by atoms with van der Waals surface area (Å²) in [4.78, 5) is 2.15. The van der Waals surface area contributed by atoms with Crippen molar-refractivity contribution in [3.63, 3.8) is 0 Å². The topological polar surface area (TPSA) is 43.7 Å². The molecule has 3 nitrogen and oxygen atoms in total. The van der Waals surface area contributed by atoms with Crippen LogP contribution in [-0.2, 0) is 12.2 Å². The van der Waals surface area contributed by atoms with Crippen LogP contribution < -0.4 is 0 Å². The number of halogens is 1. The molecule has 0 atom stereocenters. The Bertz CT molecular complexity index is 400. The number of aliphatic hydroxyl groups excluding tert-OH is 1. The number of piperidine rings is 1. The van der Waals surface area contributed by atoms with Gasteiger partial charge in [-0.3, -0.25) is 0 Å². The molecule has 0 aliphatic carbocycles. The maximum Gasteiger partial charge on any atom is 0.123 e. The Morgan fingerprint density at radius 3 is 2.59 bits per heavy atom. The summed E-state index contributed by atoms with van der Waals surface area (Å²) < 4.78 is 13.1. The van der Waals surface area contributed by atoms with Crippen molar-refractivity contribution in [3.05, 3.63) is 35.1 Å². The molecule has 1 heterocycles. The predicted octanol–water partition coefficient (Wildman–Crippen LogP) is 1.23. The zero-order valence-corrected chi connectivity index (χ0v) is 9.99. The van der Waals surface area contributed by atoms with Crippen molar-refractivity contribution in [1.82, 2.24) is 4.90 Å². The number of rotatable bonds is 2. The van der Waals surface area contributed by atoms with Crippen molar-refractivity contribution in [1.29, 1.82) is 0 Å². The van der Waals surface area contributed by atoms with Gasteiger partial charge < -0.3 is 15.1 Å². The van der Waals surface area contributed by atoms with Crippen molar-refractivity contribution in [2.24, 2.45) is 0 Å². The summed E-state index contributed by atoms with van der Waals surface area (Å²) in [7, 11) is 2.01. The SMILES string of the molecule is CN1CCC(O)(c2ccc(F)cc2CO)CC1. The lowest BCUT2D eigenvalue weighted by Crippen LogP contribution is -2.41. The van der Waals surface area contributed by atoms with Gasteiger partial charge >= 0.3 is 0 Å². The third kappa shape index (κ3) is 2.49. The van der Waals surface area contributed by atoms with Crippen LogP contribution in [0.25, 0.3) is 0 Å². The predicted molar refractivity (Wildman–Crippen MR) is 63.0 cm³/mol. The highest BCUT2D eigenvalue weighted by atomic mass is 19.1. The molecule has 1 fully saturated rings. The average Bonchev–Trinajstić information content (AvgIpc) is 2.33. The van der Waals surface area contributed by atoms with E-state index in [9.17, 15) is 14.6 Å². The second kappa shape index (κ2) is 4.72. The monoisotopic (exact) mass is 239 g/mol. The molecular formula is C13H18FNO2. The summed E-state index contributed by atoms with van der Waals surface area (Å²) in [5.74, 6) is -0.380.